The number of Topliss-reactive ketones (excluding diaryl/α,β-unsaturated/α-hetero) is 1. The quantitative estimate of drug-likeness (QED) is 0.404. The summed E-state index contributed by atoms with van der Waals surface area (Å²) in [6, 6.07) is 0.0158. The molecule has 0 aromatic rings. The zero-order valence-corrected chi connectivity index (χ0v) is 22.5. The minimum Gasteiger partial charge on any atom is -0.379 e. The SMILES string of the molecule is O=C1C(C(=O)N2CCOCC2)=CN2C3CCCCC3SC3C(NCCCN4CCOCC4)C(F)CC1C32. The van der Waals surface area contributed by atoms with Crippen LogP contribution in [0.1, 0.15) is 38.5 Å². The Labute approximate surface area is 223 Å². The van der Waals surface area contributed by atoms with Crippen molar-refractivity contribution in [1.29, 1.82) is 0 Å². The predicted octanol–water partition coefficient (Wildman–Crippen LogP) is 1.45. The van der Waals surface area contributed by atoms with E-state index < -0.39 is 12.1 Å². The summed E-state index contributed by atoms with van der Waals surface area (Å²) in [6.07, 6.45) is 6.54. The number of rotatable bonds is 6. The fourth-order valence-electron chi connectivity index (χ4n) is 7.31. The summed E-state index contributed by atoms with van der Waals surface area (Å²) in [5.41, 5.74) is 0.266. The zero-order chi connectivity index (χ0) is 25.4. The molecule has 5 fully saturated rings. The van der Waals surface area contributed by atoms with Crippen molar-refractivity contribution in [3.8, 4) is 0 Å². The molecule has 0 aromatic heterocycles. The average Bonchev–Trinajstić information content (AvgIpc) is 2.94. The highest BCUT2D eigenvalue weighted by Gasteiger charge is 2.58. The largest absolute Gasteiger partial charge is 0.379 e. The molecule has 7 unspecified atom stereocenters. The summed E-state index contributed by atoms with van der Waals surface area (Å²) in [7, 11) is 0. The number of hydrogen-bond acceptors (Lipinski definition) is 8. The van der Waals surface area contributed by atoms with Gasteiger partial charge in [-0.1, -0.05) is 12.8 Å². The van der Waals surface area contributed by atoms with Crippen LogP contribution >= 0.6 is 11.8 Å². The minimum absolute atomic E-state index is 0.0109. The number of carbonyl (C=O) groups excluding carboxylic acids is 2. The molecule has 206 valence electrons. The molecule has 6 rings (SSSR count). The maximum absolute atomic E-state index is 15.9. The van der Waals surface area contributed by atoms with Crippen LogP contribution in [0.2, 0.25) is 0 Å². The molecule has 4 aliphatic heterocycles. The van der Waals surface area contributed by atoms with Gasteiger partial charge >= 0.3 is 0 Å². The molecule has 7 atom stereocenters. The van der Waals surface area contributed by atoms with Crippen molar-refractivity contribution in [1.82, 2.24) is 20.0 Å². The maximum atomic E-state index is 15.9. The third-order valence-electron chi connectivity index (χ3n) is 9.24. The molecule has 10 heteroatoms. The van der Waals surface area contributed by atoms with Gasteiger partial charge in [0.05, 0.1) is 44.1 Å². The predicted molar refractivity (Wildman–Crippen MR) is 140 cm³/mol. The van der Waals surface area contributed by atoms with Gasteiger partial charge in [0, 0.05) is 54.8 Å². The van der Waals surface area contributed by atoms with E-state index in [0.717, 1.165) is 58.7 Å². The molecule has 0 bridgehead atoms. The van der Waals surface area contributed by atoms with Crippen LogP contribution in [0, 0.1) is 5.92 Å². The minimum atomic E-state index is -1.09. The van der Waals surface area contributed by atoms with E-state index in [1.54, 1.807) is 4.90 Å². The highest BCUT2D eigenvalue weighted by Crippen LogP contribution is 2.51. The van der Waals surface area contributed by atoms with Crippen molar-refractivity contribution in [2.45, 2.75) is 73.3 Å². The Kier molecular flexibility index (Phi) is 8.09. The van der Waals surface area contributed by atoms with Gasteiger partial charge in [0.25, 0.3) is 5.91 Å². The molecule has 2 aliphatic carbocycles. The molecule has 8 nitrogen and oxygen atoms in total. The molecular weight excluding hydrogens is 495 g/mol. The standard InChI is InChI=1S/C27H41FN4O4S/c28-20-16-18-24-26(23(20)29-6-3-7-30-8-12-35-13-9-30)37-22-5-2-1-4-21(22)32(24)17-19(25(18)33)27(34)31-10-14-36-15-11-31/h17-18,20-24,26,29H,1-16H2. The van der Waals surface area contributed by atoms with Crippen LogP contribution in [0.15, 0.2) is 11.8 Å². The molecule has 1 N–H and O–H groups in total. The lowest BCUT2D eigenvalue weighted by atomic mass is 9.72. The number of amides is 1. The summed E-state index contributed by atoms with van der Waals surface area (Å²) in [6.45, 7) is 7.29. The van der Waals surface area contributed by atoms with Crippen molar-refractivity contribution >= 4 is 23.5 Å². The Bertz CT molecular complexity index is 880. The number of alkyl halides is 1. The summed E-state index contributed by atoms with van der Waals surface area (Å²) < 4.78 is 26.7. The monoisotopic (exact) mass is 536 g/mol. The van der Waals surface area contributed by atoms with E-state index in [-0.39, 0.29) is 41.0 Å². The van der Waals surface area contributed by atoms with Gasteiger partial charge in [0.2, 0.25) is 0 Å². The normalized spacial score (nSPS) is 38.6. The van der Waals surface area contributed by atoms with Crippen molar-refractivity contribution in [2.75, 3.05) is 65.7 Å². The molecule has 37 heavy (non-hydrogen) atoms. The summed E-state index contributed by atoms with van der Waals surface area (Å²) in [5.74, 6) is -0.801. The van der Waals surface area contributed by atoms with Gasteiger partial charge in [0.15, 0.2) is 5.78 Å². The fourth-order valence-corrected chi connectivity index (χ4v) is 9.40. The molecule has 6 aliphatic rings. The van der Waals surface area contributed by atoms with Crippen LogP contribution in [0.5, 0.6) is 0 Å². The highest BCUT2D eigenvalue weighted by atomic mass is 32.2. The van der Waals surface area contributed by atoms with Crippen LogP contribution in [0.4, 0.5) is 4.39 Å². The first-order valence-electron chi connectivity index (χ1n) is 14.4. The van der Waals surface area contributed by atoms with Gasteiger partial charge in [-0.25, -0.2) is 4.39 Å². The molecule has 4 heterocycles. The second-order valence-electron chi connectivity index (χ2n) is 11.4. The van der Waals surface area contributed by atoms with E-state index in [1.165, 1.54) is 12.8 Å². The van der Waals surface area contributed by atoms with Crippen molar-refractivity contribution in [3.05, 3.63) is 11.8 Å². The Balaban J connectivity index is 1.21. The van der Waals surface area contributed by atoms with Crippen LogP contribution in [0.3, 0.4) is 0 Å². The second-order valence-corrected chi connectivity index (χ2v) is 12.8. The lowest BCUT2D eigenvalue weighted by molar-refractivity contribution is -0.136. The lowest BCUT2D eigenvalue weighted by Crippen LogP contribution is -2.70. The van der Waals surface area contributed by atoms with E-state index in [9.17, 15) is 9.59 Å². The molecule has 0 aromatic carbocycles. The summed E-state index contributed by atoms with van der Waals surface area (Å²) in [4.78, 5) is 33.7. The van der Waals surface area contributed by atoms with E-state index in [2.05, 4.69) is 15.1 Å². The Morgan fingerprint density at radius 2 is 1.81 bits per heavy atom. The van der Waals surface area contributed by atoms with Crippen LogP contribution < -0.4 is 5.32 Å². The van der Waals surface area contributed by atoms with Gasteiger partial charge in [-0.2, -0.15) is 0 Å². The Hall–Kier alpha value is -1.20. The maximum Gasteiger partial charge on any atom is 0.259 e. The summed E-state index contributed by atoms with van der Waals surface area (Å²) in [5, 5.41) is 4.02. The number of thioether (sulfide) groups is 1. The number of nitrogens with one attached hydrogen (secondary N) is 1. The van der Waals surface area contributed by atoms with Crippen LogP contribution in [-0.4, -0.2) is 127 Å². The molecule has 1 amide bonds. The summed E-state index contributed by atoms with van der Waals surface area (Å²) >= 11 is 1.93. The molecule has 3 saturated heterocycles. The molecule has 2 saturated carbocycles. The highest BCUT2D eigenvalue weighted by molar-refractivity contribution is 8.00. The fraction of sp³-hybridized carbons (Fsp3) is 0.852. The number of fused-ring (bicyclic) bond motifs is 2. The van der Waals surface area contributed by atoms with E-state index in [1.807, 2.05) is 18.0 Å². The van der Waals surface area contributed by atoms with Gasteiger partial charge in [0.1, 0.15) is 6.17 Å². The topological polar surface area (TPSA) is 74.4 Å². The van der Waals surface area contributed by atoms with E-state index in [4.69, 9.17) is 9.47 Å². The first-order valence-corrected chi connectivity index (χ1v) is 15.3. The molecule has 0 spiro atoms. The third kappa shape index (κ3) is 5.21. The zero-order valence-electron chi connectivity index (χ0n) is 21.7. The molecular formula is C27H41FN4O4S. The first kappa shape index (κ1) is 26.0. The number of carbonyl (C=O) groups is 2. The number of ether oxygens (including phenoxy) is 2. The van der Waals surface area contributed by atoms with Gasteiger partial charge < -0.3 is 24.6 Å². The first-order chi connectivity index (χ1) is 18.1. The number of morpholine rings is 2. The lowest BCUT2D eigenvalue weighted by Gasteiger charge is -2.59. The van der Waals surface area contributed by atoms with Gasteiger partial charge in [-0.3, -0.25) is 14.5 Å². The number of ketones is 1. The smallest absolute Gasteiger partial charge is 0.259 e. The number of halogens is 1. The molecule has 0 radical (unpaired) electrons. The third-order valence-corrected chi connectivity index (χ3v) is 11.0. The van der Waals surface area contributed by atoms with Crippen LogP contribution in [0.25, 0.3) is 0 Å². The Morgan fingerprint density at radius 1 is 1.08 bits per heavy atom. The number of nitrogens with zero attached hydrogens (tertiary/aromatic N) is 3. The van der Waals surface area contributed by atoms with Crippen molar-refractivity contribution in [3.63, 3.8) is 0 Å². The van der Waals surface area contributed by atoms with Crippen molar-refractivity contribution < 1.29 is 23.5 Å². The Morgan fingerprint density at radius 3 is 2.59 bits per heavy atom. The van der Waals surface area contributed by atoms with E-state index in [0.29, 0.717) is 37.6 Å². The van der Waals surface area contributed by atoms with Crippen LogP contribution in [-0.2, 0) is 19.1 Å². The van der Waals surface area contributed by atoms with E-state index >= 15 is 4.39 Å². The van der Waals surface area contributed by atoms with Gasteiger partial charge in [-0.05, 0) is 38.8 Å². The van der Waals surface area contributed by atoms with Gasteiger partial charge in [-0.15, -0.1) is 11.8 Å². The average molecular weight is 537 g/mol. The number of hydrogen-bond donors (Lipinski definition) is 1. The second kappa shape index (κ2) is 11.5. The van der Waals surface area contributed by atoms with Crippen molar-refractivity contribution in [2.24, 2.45) is 5.92 Å².